The maximum Gasteiger partial charge on any atom is 0.346 e. The summed E-state index contributed by atoms with van der Waals surface area (Å²) in [5, 5.41) is 14.2. The predicted molar refractivity (Wildman–Crippen MR) is 74.2 cm³/mol. The van der Waals surface area contributed by atoms with Crippen LogP contribution in [0.3, 0.4) is 0 Å². The highest BCUT2D eigenvalue weighted by atomic mass is 32.1. The predicted octanol–water partition coefficient (Wildman–Crippen LogP) is 3.51. The van der Waals surface area contributed by atoms with Gasteiger partial charge in [0.1, 0.15) is 4.88 Å². The van der Waals surface area contributed by atoms with Crippen molar-refractivity contribution in [3.05, 3.63) is 21.9 Å². The molecule has 1 aromatic heterocycles. The second-order valence-electron chi connectivity index (χ2n) is 5.05. The molecule has 1 fully saturated rings. The molecule has 1 aliphatic carbocycles. The van der Waals surface area contributed by atoms with E-state index in [9.17, 15) is 4.79 Å². The van der Waals surface area contributed by atoms with E-state index in [0.717, 1.165) is 18.0 Å². The lowest BCUT2D eigenvalue weighted by molar-refractivity contribution is 0.0701. The van der Waals surface area contributed by atoms with Gasteiger partial charge in [0, 0.05) is 6.54 Å². The second kappa shape index (κ2) is 6.90. The first-order chi connectivity index (χ1) is 8.77. The molecule has 1 saturated carbocycles. The third-order valence-electron chi connectivity index (χ3n) is 3.71. The molecule has 0 radical (unpaired) electrons. The van der Waals surface area contributed by atoms with Crippen LogP contribution in [-0.4, -0.2) is 17.6 Å². The largest absolute Gasteiger partial charge is 0.477 e. The van der Waals surface area contributed by atoms with Crippen molar-refractivity contribution < 1.29 is 9.90 Å². The Morgan fingerprint density at radius 2 is 2.17 bits per heavy atom. The number of carboxylic acid groups (broad SMARTS) is 1. The smallest absolute Gasteiger partial charge is 0.346 e. The molecule has 3 nitrogen and oxygen atoms in total. The Hall–Kier alpha value is -0.870. The Bertz CT molecular complexity index is 383. The second-order valence-corrected chi connectivity index (χ2v) is 5.97. The summed E-state index contributed by atoms with van der Waals surface area (Å²) in [4.78, 5) is 11.4. The molecule has 4 heteroatoms. The number of hydrogen-bond donors (Lipinski definition) is 2. The molecule has 0 saturated heterocycles. The van der Waals surface area contributed by atoms with E-state index >= 15 is 0 Å². The molecule has 0 aliphatic heterocycles. The summed E-state index contributed by atoms with van der Waals surface area (Å²) in [5.74, 6) is 0.0711. The van der Waals surface area contributed by atoms with Crippen molar-refractivity contribution in [1.29, 1.82) is 0 Å². The molecule has 0 amide bonds. The van der Waals surface area contributed by atoms with E-state index in [1.165, 1.54) is 49.9 Å². The third kappa shape index (κ3) is 3.82. The number of carboxylic acids is 1. The van der Waals surface area contributed by atoms with Gasteiger partial charge in [0.25, 0.3) is 0 Å². The summed E-state index contributed by atoms with van der Waals surface area (Å²) in [5.41, 5.74) is 0.913. The SMILES string of the molecule is O=C(O)c1sccc1CNCCC1CCCCC1. The molecule has 2 rings (SSSR count). The zero-order chi connectivity index (χ0) is 12.8. The van der Waals surface area contributed by atoms with Crippen LogP contribution in [0.1, 0.15) is 53.8 Å². The summed E-state index contributed by atoms with van der Waals surface area (Å²) < 4.78 is 0. The molecule has 0 spiro atoms. The molecule has 0 unspecified atom stereocenters. The zero-order valence-corrected chi connectivity index (χ0v) is 11.5. The molecule has 1 heterocycles. The minimum absolute atomic E-state index is 0.472. The van der Waals surface area contributed by atoms with E-state index in [-0.39, 0.29) is 0 Å². The van der Waals surface area contributed by atoms with E-state index in [1.807, 2.05) is 11.4 Å². The van der Waals surface area contributed by atoms with Gasteiger partial charge in [-0.05, 0) is 35.9 Å². The van der Waals surface area contributed by atoms with E-state index in [1.54, 1.807) is 0 Å². The van der Waals surface area contributed by atoms with E-state index in [2.05, 4.69) is 5.32 Å². The Morgan fingerprint density at radius 3 is 2.89 bits per heavy atom. The number of nitrogens with one attached hydrogen (secondary N) is 1. The molecule has 1 aromatic rings. The van der Waals surface area contributed by atoms with Gasteiger partial charge in [0.15, 0.2) is 0 Å². The number of hydrogen-bond acceptors (Lipinski definition) is 3. The highest BCUT2D eigenvalue weighted by molar-refractivity contribution is 7.12. The van der Waals surface area contributed by atoms with Crippen LogP contribution in [0.5, 0.6) is 0 Å². The monoisotopic (exact) mass is 267 g/mol. The van der Waals surface area contributed by atoms with E-state index in [4.69, 9.17) is 5.11 Å². The first-order valence-corrected chi connectivity index (χ1v) is 7.65. The summed E-state index contributed by atoms with van der Waals surface area (Å²) >= 11 is 1.30. The third-order valence-corrected chi connectivity index (χ3v) is 4.66. The van der Waals surface area contributed by atoms with Gasteiger partial charge in [-0.2, -0.15) is 0 Å². The van der Waals surface area contributed by atoms with Crippen LogP contribution in [-0.2, 0) is 6.54 Å². The van der Waals surface area contributed by atoms with Crippen molar-refractivity contribution >= 4 is 17.3 Å². The lowest BCUT2D eigenvalue weighted by Crippen LogP contribution is -2.19. The molecule has 0 atom stereocenters. The van der Waals surface area contributed by atoms with Gasteiger partial charge >= 0.3 is 5.97 Å². The number of aromatic carboxylic acids is 1. The minimum Gasteiger partial charge on any atom is -0.477 e. The number of rotatable bonds is 6. The molecular weight excluding hydrogens is 246 g/mol. The van der Waals surface area contributed by atoms with Crippen LogP contribution < -0.4 is 5.32 Å². The first-order valence-electron chi connectivity index (χ1n) is 6.77. The average molecular weight is 267 g/mol. The quantitative estimate of drug-likeness (QED) is 0.775. The number of carbonyl (C=O) groups is 1. The summed E-state index contributed by atoms with van der Waals surface area (Å²) in [7, 11) is 0. The molecule has 1 aliphatic rings. The highest BCUT2D eigenvalue weighted by Crippen LogP contribution is 2.25. The van der Waals surface area contributed by atoms with Crippen LogP contribution in [0.15, 0.2) is 11.4 Å². The van der Waals surface area contributed by atoms with Gasteiger partial charge in [-0.25, -0.2) is 4.79 Å². The van der Waals surface area contributed by atoms with Crippen molar-refractivity contribution in [2.45, 2.75) is 45.1 Å². The van der Waals surface area contributed by atoms with Crippen molar-refractivity contribution in [2.24, 2.45) is 5.92 Å². The van der Waals surface area contributed by atoms with Gasteiger partial charge in [-0.15, -0.1) is 11.3 Å². The van der Waals surface area contributed by atoms with Crippen LogP contribution in [0.25, 0.3) is 0 Å². The number of thiophene rings is 1. The van der Waals surface area contributed by atoms with Gasteiger partial charge in [0.2, 0.25) is 0 Å². The summed E-state index contributed by atoms with van der Waals surface area (Å²) in [6, 6.07) is 1.90. The Kier molecular flexibility index (Phi) is 5.20. The van der Waals surface area contributed by atoms with Crippen molar-refractivity contribution in [3.63, 3.8) is 0 Å². The maximum absolute atomic E-state index is 10.9. The Morgan fingerprint density at radius 1 is 1.39 bits per heavy atom. The lowest BCUT2D eigenvalue weighted by atomic mass is 9.87. The van der Waals surface area contributed by atoms with Crippen molar-refractivity contribution in [2.75, 3.05) is 6.54 Å². The van der Waals surface area contributed by atoms with Crippen LogP contribution in [0.2, 0.25) is 0 Å². The van der Waals surface area contributed by atoms with Crippen LogP contribution >= 0.6 is 11.3 Å². The topological polar surface area (TPSA) is 49.3 Å². The first kappa shape index (κ1) is 13.6. The Balaban J connectivity index is 1.68. The zero-order valence-electron chi connectivity index (χ0n) is 10.7. The molecule has 100 valence electrons. The normalized spacial score (nSPS) is 16.9. The standard InChI is InChI=1S/C14H21NO2S/c16-14(17)13-12(7-9-18-13)10-15-8-6-11-4-2-1-3-5-11/h7,9,11,15H,1-6,8,10H2,(H,16,17). The minimum atomic E-state index is -0.811. The van der Waals surface area contributed by atoms with Crippen LogP contribution in [0, 0.1) is 5.92 Å². The lowest BCUT2D eigenvalue weighted by Gasteiger charge is -2.21. The van der Waals surface area contributed by atoms with Crippen molar-refractivity contribution in [3.8, 4) is 0 Å². The van der Waals surface area contributed by atoms with E-state index in [0.29, 0.717) is 11.4 Å². The summed E-state index contributed by atoms with van der Waals surface area (Å²) in [6.45, 7) is 1.68. The molecular formula is C14H21NO2S. The van der Waals surface area contributed by atoms with E-state index < -0.39 is 5.97 Å². The van der Waals surface area contributed by atoms with Crippen molar-refractivity contribution in [1.82, 2.24) is 5.32 Å². The molecule has 0 bridgehead atoms. The fourth-order valence-electron chi connectivity index (χ4n) is 2.67. The van der Waals surface area contributed by atoms with Gasteiger partial charge < -0.3 is 10.4 Å². The summed E-state index contributed by atoms with van der Waals surface area (Å²) in [6.07, 6.45) is 8.16. The maximum atomic E-state index is 10.9. The van der Waals surface area contributed by atoms with Crippen LogP contribution in [0.4, 0.5) is 0 Å². The fourth-order valence-corrected chi connectivity index (χ4v) is 3.43. The van der Waals surface area contributed by atoms with Gasteiger partial charge in [-0.3, -0.25) is 0 Å². The fraction of sp³-hybridized carbons (Fsp3) is 0.643. The highest BCUT2D eigenvalue weighted by Gasteiger charge is 2.13. The molecule has 18 heavy (non-hydrogen) atoms. The molecule has 2 N–H and O–H groups in total. The van der Waals surface area contributed by atoms with Gasteiger partial charge in [-0.1, -0.05) is 32.1 Å². The average Bonchev–Trinajstić information content (AvgIpc) is 2.84. The molecule has 0 aromatic carbocycles. The Labute approximate surface area is 112 Å². The van der Waals surface area contributed by atoms with Gasteiger partial charge in [0.05, 0.1) is 0 Å².